The summed E-state index contributed by atoms with van der Waals surface area (Å²) in [5.41, 5.74) is 1.17. The molecule has 0 saturated heterocycles. The van der Waals surface area contributed by atoms with E-state index in [4.69, 9.17) is 0 Å². The summed E-state index contributed by atoms with van der Waals surface area (Å²) in [4.78, 5) is 0. The lowest BCUT2D eigenvalue weighted by Crippen LogP contribution is -2.28. The molecule has 0 fully saturated rings. The molecule has 0 aliphatic heterocycles. The summed E-state index contributed by atoms with van der Waals surface area (Å²) in [5.74, 6) is 0. The first kappa shape index (κ1) is 12.7. The van der Waals surface area contributed by atoms with Gasteiger partial charge in [0.2, 0.25) is 0 Å². The molecule has 2 N–H and O–H groups in total. The van der Waals surface area contributed by atoms with Crippen LogP contribution < -0.4 is 5.32 Å². The van der Waals surface area contributed by atoms with Crippen molar-refractivity contribution in [3.05, 3.63) is 34.3 Å². The van der Waals surface area contributed by atoms with Crippen molar-refractivity contribution in [2.24, 2.45) is 0 Å². The monoisotopic (exact) mass is 271 g/mol. The number of hydrogen-bond acceptors (Lipinski definition) is 2. The maximum atomic E-state index is 9.72. The van der Waals surface area contributed by atoms with Gasteiger partial charge in [0.15, 0.2) is 0 Å². The molecule has 0 aliphatic carbocycles. The number of hydrogen-bond donors (Lipinski definition) is 2. The van der Waals surface area contributed by atoms with Crippen LogP contribution in [0.1, 0.15) is 18.9 Å². The molecule has 0 saturated carbocycles. The van der Waals surface area contributed by atoms with Gasteiger partial charge in [0.1, 0.15) is 0 Å². The highest BCUT2D eigenvalue weighted by molar-refractivity contribution is 9.10. The van der Waals surface area contributed by atoms with Crippen LogP contribution in [0.4, 0.5) is 0 Å². The number of aliphatic hydroxyl groups is 1. The fourth-order valence-corrected chi connectivity index (χ4v) is 1.67. The molecule has 3 heteroatoms. The third-order valence-electron chi connectivity index (χ3n) is 2.19. The minimum Gasteiger partial charge on any atom is -0.391 e. The van der Waals surface area contributed by atoms with Crippen LogP contribution in [0.25, 0.3) is 0 Å². The summed E-state index contributed by atoms with van der Waals surface area (Å²) in [6, 6.07) is 8.07. The van der Waals surface area contributed by atoms with E-state index >= 15 is 0 Å². The lowest BCUT2D eigenvalue weighted by Gasteiger charge is -2.11. The van der Waals surface area contributed by atoms with Crippen LogP contribution in [0.3, 0.4) is 0 Å². The zero-order chi connectivity index (χ0) is 11.1. The molecule has 15 heavy (non-hydrogen) atoms. The van der Waals surface area contributed by atoms with Gasteiger partial charge in [0.25, 0.3) is 0 Å². The SMILES string of the molecule is CCCNCC(O)Cc1ccc(Br)cc1. The topological polar surface area (TPSA) is 32.3 Å². The van der Waals surface area contributed by atoms with Crippen molar-refractivity contribution < 1.29 is 5.11 Å². The Hall–Kier alpha value is -0.380. The van der Waals surface area contributed by atoms with E-state index in [1.807, 2.05) is 24.3 Å². The summed E-state index contributed by atoms with van der Waals surface area (Å²) in [6.45, 7) is 3.76. The van der Waals surface area contributed by atoms with Crippen LogP contribution >= 0.6 is 15.9 Å². The standard InChI is InChI=1S/C12H18BrNO/c1-2-7-14-9-12(15)8-10-3-5-11(13)6-4-10/h3-6,12,14-15H,2,7-9H2,1H3. The molecule has 1 aromatic carbocycles. The molecule has 0 bridgehead atoms. The first-order valence-electron chi connectivity index (χ1n) is 5.35. The van der Waals surface area contributed by atoms with Crippen molar-refractivity contribution in [2.45, 2.75) is 25.9 Å². The number of halogens is 1. The third kappa shape index (κ3) is 5.30. The largest absolute Gasteiger partial charge is 0.391 e. The van der Waals surface area contributed by atoms with Crippen LogP contribution in [-0.2, 0) is 6.42 Å². The maximum absolute atomic E-state index is 9.72. The molecule has 0 aliphatic rings. The summed E-state index contributed by atoms with van der Waals surface area (Å²) in [7, 11) is 0. The van der Waals surface area contributed by atoms with Gasteiger partial charge in [0.05, 0.1) is 6.10 Å². The predicted octanol–water partition coefficient (Wildman–Crippen LogP) is 2.35. The Bertz CT molecular complexity index is 273. The molecule has 0 heterocycles. The van der Waals surface area contributed by atoms with E-state index in [-0.39, 0.29) is 6.10 Å². The fraction of sp³-hybridized carbons (Fsp3) is 0.500. The van der Waals surface area contributed by atoms with E-state index in [1.54, 1.807) is 0 Å². The van der Waals surface area contributed by atoms with Crippen LogP contribution in [0.15, 0.2) is 28.7 Å². The highest BCUT2D eigenvalue weighted by Crippen LogP contribution is 2.11. The van der Waals surface area contributed by atoms with Gasteiger partial charge in [-0.1, -0.05) is 35.0 Å². The second kappa shape index (κ2) is 6.99. The highest BCUT2D eigenvalue weighted by Gasteiger charge is 2.04. The maximum Gasteiger partial charge on any atom is 0.0704 e. The molecule has 84 valence electrons. The Labute approximate surface area is 99.8 Å². The van der Waals surface area contributed by atoms with Crippen LogP contribution in [0.5, 0.6) is 0 Å². The van der Waals surface area contributed by atoms with Gasteiger partial charge in [-0.3, -0.25) is 0 Å². The fourth-order valence-electron chi connectivity index (χ4n) is 1.41. The quantitative estimate of drug-likeness (QED) is 0.779. The molecule has 1 unspecified atom stereocenters. The summed E-state index contributed by atoms with van der Waals surface area (Å²) in [5, 5.41) is 12.9. The van der Waals surface area contributed by atoms with Crippen LogP contribution in [0.2, 0.25) is 0 Å². The first-order chi connectivity index (χ1) is 7.22. The van der Waals surface area contributed by atoms with E-state index < -0.39 is 0 Å². The summed E-state index contributed by atoms with van der Waals surface area (Å²) in [6.07, 6.45) is 1.52. The minimum atomic E-state index is -0.294. The molecule has 1 atom stereocenters. The Morgan fingerprint density at radius 2 is 2.00 bits per heavy atom. The van der Waals surface area contributed by atoms with Crippen molar-refractivity contribution in [3.63, 3.8) is 0 Å². The Morgan fingerprint density at radius 1 is 1.33 bits per heavy atom. The van der Waals surface area contributed by atoms with Crippen molar-refractivity contribution in [3.8, 4) is 0 Å². The van der Waals surface area contributed by atoms with E-state index in [0.717, 1.165) is 17.4 Å². The molecule has 0 aromatic heterocycles. The van der Waals surface area contributed by atoms with Crippen molar-refractivity contribution in [1.29, 1.82) is 0 Å². The summed E-state index contributed by atoms with van der Waals surface area (Å²) < 4.78 is 1.07. The number of aliphatic hydroxyl groups excluding tert-OH is 1. The second-order valence-electron chi connectivity index (χ2n) is 3.69. The number of benzene rings is 1. The molecule has 1 rings (SSSR count). The molecular weight excluding hydrogens is 254 g/mol. The number of rotatable bonds is 6. The predicted molar refractivity (Wildman–Crippen MR) is 67.0 cm³/mol. The lowest BCUT2D eigenvalue weighted by molar-refractivity contribution is 0.172. The average Bonchev–Trinajstić information content (AvgIpc) is 2.22. The van der Waals surface area contributed by atoms with Gasteiger partial charge < -0.3 is 10.4 Å². The van der Waals surface area contributed by atoms with Gasteiger partial charge in [-0.25, -0.2) is 0 Å². The number of nitrogens with one attached hydrogen (secondary N) is 1. The zero-order valence-corrected chi connectivity index (χ0v) is 10.6. The van der Waals surface area contributed by atoms with Gasteiger partial charge in [-0.15, -0.1) is 0 Å². The van der Waals surface area contributed by atoms with E-state index in [1.165, 1.54) is 5.56 Å². The molecule has 0 amide bonds. The lowest BCUT2D eigenvalue weighted by atomic mass is 10.1. The molecule has 0 spiro atoms. The van der Waals surface area contributed by atoms with Gasteiger partial charge in [-0.05, 0) is 37.1 Å². The molecular formula is C12H18BrNO. The van der Waals surface area contributed by atoms with Crippen LogP contribution in [-0.4, -0.2) is 24.3 Å². The second-order valence-corrected chi connectivity index (χ2v) is 4.60. The van der Waals surface area contributed by atoms with Crippen LogP contribution in [0, 0.1) is 0 Å². The van der Waals surface area contributed by atoms with E-state index in [2.05, 4.69) is 28.2 Å². The van der Waals surface area contributed by atoms with Gasteiger partial charge in [-0.2, -0.15) is 0 Å². The van der Waals surface area contributed by atoms with Gasteiger partial charge in [0, 0.05) is 11.0 Å². The van der Waals surface area contributed by atoms with E-state index in [9.17, 15) is 5.11 Å². The van der Waals surface area contributed by atoms with Crippen molar-refractivity contribution in [2.75, 3.05) is 13.1 Å². The first-order valence-corrected chi connectivity index (χ1v) is 6.15. The summed E-state index contributed by atoms with van der Waals surface area (Å²) >= 11 is 3.39. The Balaban J connectivity index is 2.31. The normalized spacial score (nSPS) is 12.7. The Kier molecular flexibility index (Phi) is 5.91. The minimum absolute atomic E-state index is 0.294. The third-order valence-corrected chi connectivity index (χ3v) is 2.72. The average molecular weight is 272 g/mol. The molecule has 2 nitrogen and oxygen atoms in total. The molecule has 1 aromatic rings. The highest BCUT2D eigenvalue weighted by atomic mass is 79.9. The molecule has 0 radical (unpaired) electrons. The van der Waals surface area contributed by atoms with E-state index in [0.29, 0.717) is 13.0 Å². The Morgan fingerprint density at radius 3 is 2.60 bits per heavy atom. The van der Waals surface area contributed by atoms with Gasteiger partial charge >= 0.3 is 0 Å². The van der Waals surface area contributed by atoms with Crippen molar-refractivity contribution in [1.82, 2.24) is 5.32 Å². The smallest absolute Gasteiger partial charge is 0.0704 e. The zero-order valence-electron chi connectivity index (χ0n) is 9.04. The van der Waals surface area contributed by atoms with Crippen molar-refractivity contribution >= 4 is 15.9 Å².